The second kappa shape index (κ2) is 4.81. The van der Waals surface area contributed by atoms with Gasteiger partial charge in [0.25, 0.3) is 0 Å². The molecule has 116 valence electrons. The van der Waals surface area contributed by atoms with Gasteiger partial charge in [0.05, 0.1) is 17.5 Å². The molecule has 3 fully saturated rings. The van der Waals surface area contributed by atoms with Gasteiger partial charge >= 0.3 is 0 Å². The maximum Gasteiger partial charge on any atom is 0.238 e. The van der Waals surface area contributed by atoms with Crippen LogP contribution in [0.15, 0.2) is 18.2 Å². The summed E-state index contributed by atoms with van der Waals surface area (Å²) in [5.74, 6) is 0.00572. The quantitative estimate of drug-likeness (QED) is 0.552. The Bertz CT molecular complexity index is 660. The number of fused-ring (bicyclic) bond motifs is 5. The minimum Gasteiger partial charge on any atom is -0.508 e. The highest BCUT2D eigenvalue weighted by molar-refractivity contribution is 9.12. The lowest BCUT2D eigenvalue weighted by Crippen LogP contribution is -2.37. The summed E-state index contributed by atoms with van der Waals surface area (Å²) in [6, 6.07) is 4.76. The predicted octanol–water partition coefficient (Wildman–Crippen LogP) is 2.98. The third-order valence-corrected chi connectivity index (χ3v) is 8.62. The van der Waals surface area contributed by atoms with Gasteiger partial charge < -0.3 is 5.11 Å². The Morgan fingerprint density at radius 3 is 2.14 bits per heavy atom. The number of anilines is 1. The Hall–Kier alpha value is -0.880. The second-order valence-electron chi connectivity index (χ2n) is 6.49. The van der Waals surface area contributed by atoms with Gasteiger partial charge in [0, 0.05) is 9.65 Å². The summed E-state index contributed by atoms with van der Waals surface area (Å²) in [6.45, 7) is 1.80. The number of alkyl halides is 2. The lowest BCUT2D eigenvalue weighted by Gasteiger charge is -2.28. The molecule has 4 nitrogen and oxygen atoms in total. The summed E-state index contributed by atoms with van der Waals surface area (Å²) < 4.78 is 0. The van der Waals surface area contributed by atoms with Crippen molar-refractivity contribution in [1.29, 1.82) is 0 Å². The minimum absolute atomic E-state index is 0.0832. The van der Waals surface area contributed by atoms with Gasteiger partial charge in [-0.3, -0.25) is 9.59 Å². The monoisotopic (exact) mass is 427 g/mol. The first-order valence-corrected chi connectivity index (χ1v) is 9.20. The molecule has 3 aliphatic rings. The normalized spacial score (nSPS) is 39.7. The summed E-state index contributed by atoms with van der Waals surface area (Å²) in [5, 5.41) is 9.54. The van der Waals surface area contributed by atoms with Crippen molar-refractivity contribution in [2.75, 3.05) is 4.90 Å². The van der Waals surface area contributed by atoms with Crippen LogP contribution < -0.4 is 4.90 Å². The summed E-state index contributed by atoms with van der Waals surface area (Å²) in [5.41, 5.74) is 1.33. The fraction of sp³-hybridized carbons (Fsp3) is 0.500. The van der Waals surface area contributed by atoms with Crippen LogP contribution >= 0.6 is 31.9 Å². The largest absolute Gasteiger partial charge is 0.508 e. The molecule has 0 aromatic heterocycles. The zero-order chi connectivity index (χ0) is 15.8. The highest BCUT2D eigenvalue weighted by Crippen LogP contribution is 2.60. The molecule has 1 N–H and O–H groups in total. The average molecular weight is 429 g/mol. The fourth-order valence-corrected chi connectivity index (χ4v) is 6.35. The molecule has 0 radical (unpaired) electrons. The van der Waals surface area contributed by atoms with E-state index in [2.05, 4.69) is 31.9 Å². The summed E-state index contributed by atoms with van der Waals surface area (Å²) in [4.78, 5) is 27.6. The van der Waals surface area contributed by atoms with Gasteiger partial charge in [0.1, 0.15) is 5.75 Å². The number of carbonyl (C=O) groups excluding carboxylic acids is 2. The number of aromatic hydroxyl groups is 1. The number of amides is 2. The van der Waals surface area contributed by atoms with Gasteiger partial charge in [-0.1, -0.05) is 31.9 Å². The SMILES string of the molecule is Cc1cc(O)ccc1N1C(=O)[C@@H]2[C@H]3C[C@@H]([C@@H](Br)[C@@H]3Br)[C@@H]2C1=O. The number of rotatable bonds is 1. The zero-order valence-electron chi connectivity index (χ0n) is 11.9. The number of hydrogen-bond acceptors (Lipinski definition) is 3. The van der Waals surface area contributed by atoms with Crippen LogP contribution in [-0.4, -0.2) is 26.6 Å². The minimum atomic E-state index is -0.205. The Kier molecular flexibility index (Phi) is 3.21. The molecule has 1 aliphatic heterocycles. The summed E-state index contributed by atoms with van der Waals surface area (Å²) >= 11 is 7.37. The Labute approximate surface area is 145 Å². The molecule has 22 heavy (non-hydrogen) atoms. The highest BCUT2D eigenvalue weighted by atomic mass is 79.9. The zero-order valence-corrected chi connectivity index (χ0v) is 15.0. The second-order valence-corrected chi connectivity index (χ2v) is 8.60. The number of carbonyl (C=O) groups is 2. The van der Waals surface area contributed by atoms with Crippen LogP contribution in [0.25, 0.3) is 0 Å². The van der Waals surface area contributed by atoms with E-state index in [-0.39, 0.29) is 50.9 Å². The molecule has 4 rings (SSSR count). The van der Waals surface area contributed by atoms with Crippen LogP contribution in [0.3, 0.4) is 0 Å². The molecule has 2 amide bonds. The number of phenols is 1. The van der Waals surface area contributed by atoms with Crippen molar-refractivity contribution in [3.8, 4) is 5.75 Å². The number of imide groups is 1. The van der Waals surface area contributed by atoms with Gasteiger partial charge in [-0.05, 0) is 48.9 Å². The van der Waals surface area contributed by atoms with Gasteiger partial charge in [-0.15, -0.1) is 0 Å². The maximum absolute atomic E-state index is 12.9. The first kappa shape index (κ1) is 14.7. The third-order valence-electron chi connectivity index (χ3n) is 5.41. The van der Waals surface area contributed by atoms with E-state index in [9.17, 15) is 14.7 Å². The van der Waals surface area contributed by atoms with Crippen molar-refractivity contribution in [3.63, 3.8) is 0 Å². The van der Waals surface area contributed by atoms with Gasteiger partial charge in [-0.25, -0.2) is 4.90 Å². The molecule has 0 spiro atoms. The number of halogens is 2. The number of aryl methyl sites for hydroxylation is 1. The number of phenolic OH excluding ortho intramolecular Hbond substituents is 1. The molecule has 1 aromatic carbocycles. The van der Waals surface area contributed by atoms with E-state index in [0.29, 0.717) is 5.69 Å². The topological polar surface area (TPSA) is 57.6 Å². The molecule has 2 saturated carbocycles. The third kappa shape index (κ3) is 1.74. The smallest absolute Gasteiger partial charge is 0.238 e. The van der Waals surface area contributed by atoms with Crippen molar-refractivity contribution < 1.29 is 14.7 Å². The van der Waals surface area contributed by atoms with Gasteiger partial charge in [0.2, 0.25) is 11.8 Å². The van der Waals surface area contributed by atoms with Crippen LogP contribution in [-0.2, 0) is 9.59 Å². The molecule has 0 unspecified atom stereocenters. The van der Waals surface area contributed by atoms with E-state index in [1.54, 1.807) is 19.1 Å². The van der Waals surface area contributed by atoms with Crippen LogP contribution in [0.4, 0.5) is 5.69 Å². The molecule has 1 aromatic rings. The molecular formula is C16H15Br2NO3. The Morgan fingerprint density at radius 1 is 1.09 bits per heavy atom. The molecular weight excluding hydrogens is 414 g/mol. The van der Waals surface area contributed by atoms with E-state index in [1.165, 1.54) is 11.0 Å². The van der Waals surface area contributed by atoms with Crippen LogP contribution in [0.1, 0.15) is 12.0 Å². The fourth-order valence-electron chi connectivity index (χ4n) is 4.48. The standard InChI is InChI=1S/C16H15Br2NO3/c1-6-4-7(20)2-3-10(6)19-15(21)11-8-5-9(12(11)16(19)22)14(18)13(8)17/h2-4,8-9,11-14,20H,5H2,1H3/t8-,9-,11-,12+,13-,14-/m1/s1. The lowest BCUT2D eigenvalue weighted by atomic mass is 9.81. The van der Waals surface area contributed by atoms with E-state index in [0.717, 1.165) is 12.0 Å². The maximum atomic E-state index is 12.9. The van der Waals surface area contributed by atoms with Crippen LogP contribution in [0.5, 0.6) is 5.75 Å². The van der Waals surface area contributed by atoms with E-state index in [1.807, 2.05) is 0 Å². The number of hydrogen-bond donors (Lipinski definition) is 1. The van der Waals surface area contributed by atoms with Crippen molar-refractivity contribution in [2.24, 2.45) is 23.7 Å². The van der Waals surface area contributed by atoms with E-state index >= 15 is 0 Å². The predicted molar refractivity (Wildman–Crippen MR) is 89.3 cm³/mol. The Morgan fingerprint density at radius 2 is 1.64 bits per heavy atom. The van der Waals surface area contributed by atoms with Crippen molar-refractivity contribution in [2.45, 2.75) is 23.0 Å². The number of benzene rings is 1. The van der Waals surface area contributed by atoms with Crippen molar-refractivity contribution >= 4 is 49.4 Å². The summed E-state index contributed by atoms with van der Waals surface area (Å²) in [6.07, 6.45) is 0.932. The van der Waals surface area contributed by atoms with Gasteiger partial charge in [0.15, 0.2) is 0 Å². The van der Waals surface area contributed by atoms with E-state index < -0.39 is 0 Å². The van der Waals surface area contributed by atoms with Crippen molar-refractivity contribution in [3.05, 3.63) is 23.8 Å². The highest BCUT2D eigenvalue weighted by Gasteiger charge is 2.66. The van der Waals surface area contributed by atoms with Crippen molar-refractivity contribution in [1.82, 2.24) is 0 Å². The van der Waals surface area contributed by atoms with Crippen LogP contribution in [0.2, 0.25) is 0 Å². The molecule has 1 saturated heterocycles. The van der Waals surface area contributed by atoms with Gasteiger partial charge in [-0.2, -0.15) is 0 Å². The molecule has 6 heteroatoms. The number of nitrogens with zero attached hydrogens (tertiary/aromatic N) is 1. The first-order chi connectivity index (χ1) is 10.4. The Balaban J connectivity index is 1.76. The summed E-state index contributed by atoms with van der Waals surface area (Å²) in [7, 11) is 0. The molecule has 2 bridgehead atoms. The molecule has 2 aliphatic carbocycles. The average Bonchev–Trinajstić information content (AvgIpc) is 3.06. The first-order valence-electron chi connectivity index (χ1n) is 7.37. The molecule has 6 atom stereocenters. The molecule has 1 heterocycles. The lowest BCUT2D eigenvalue weighted by molar-refractivity contribution is -0.123. The van der Waals surface area contributed by atoms with Crippen LogP contribution in [0, 0.1) is 30.6 Å². The van der Waals surface area contributed by atoms with E-state index in [4.69, 9.17) is 0 Å².